The molecule has 1 aromatic rings. The number of nitro groups is 1. The fourth-order valence-electron chi connectivity index (χ4n) is 3.53. The molecule has 0 saturated carbocycles. The van der Waals surface area contributed by atoms with Crippen molar-refractivity contribution in [2.75, 3.05) is 75.8 Å². The summed E-state index contributed by atoms with van der Waals surface area (Å²) in [6.45, 7) is 9.48. The third kappa shape index (κ3) is 3.85. The van der Waals surface area contributed by atoms with Crippen molar-refractivity contribution in [3.63, 3.8) is 0 Å². The summed E-state index contributed by atoms with van der Waals surface area (Å²) in [7, 11) is 2.04. The maximum absolute atomic E-state index is 14.6. The molecule has 2 aliphatic heterocycles. The number of anilines is 2. The van der Waals surface area contributed by atoms with E-state index in [0.717, 1.165) is 51.9 Å². The van der Waals surface area contributed by atoms with E-state index in [0.29, 0.717) is 24.5 Å². The summed E-state index contributed by atoms with van der Waals surface area (Å²) in [6.07, 6.45) is 0. The predicted octanol–water partition coefficient (Wildman–Crippen LogP) is 1.63. The molecule has 0 bridgehead atoms. The number of benzene rings is 1. The fraction of sp³-hybridized carbons (Fsp3) is 0.647. The van der Waals surface area contributed by atoms with E-state index in [4.69, 9.17) is 0 Å². The van der Waals surface area contributed by atoms with Crippen LogP contribution in [0.5, 0.6) is 0 Å². The number of likely N-dealkylation sites (N-methyl/N-ethyl adjacent to an activating group) is 2. The summed E-state index contributed by atoms with van der Waals surface area (Å²) in [5, 5.41) is 11.4. The number of nitro benzene ring substituents is 1. The lowest BCUT2D eigenvalue weighted by Gasteiger charge is -2.37. The molecule has 2 fully saturated rings. The Morgan fingerprint density at radius 1 is 1.00 bits per heavy atom. The van der Waals surface area contributed by atoms with Gasteiger partial charge in [-0.15, -0.1) is 0 Å². The molecule has 0 atom stereocenters. The van der Waals surface area contributed by atoms with Gasteiger partial charge in [0.15, 0.2) is 5.82 Å². The van der Waals surface area contributed by atoms with E-state index in [2.05, 4.69) is 16.7 Å². The fourth-order valence-corrected chi connectivity index (χ4v) is 3.53. The molecule has 0 amide bonds. The van der Waals surface area contributed by atoms with Crippen LogP contribution in [0.1, 0.15) is 6.92 Å². The normalized spacial score (nSPS) is 20.1. The molecule has 0 unspecified atom stereocenters. The third-order valence-corrected chi connectivity index (χ3v) is 5.24. The minimum Gasteiger partial charge on any atom is -0.367 e. The van der Waals surface area contributed by atoms with Crippen molar-refractivity contribution >= 4 is 17.1 Å². The van der Waals surface area contributed by atoms with Gasteiger partial charge in [0.1, 0.15) is 5.69 Å². The van der Waals surface area contributed by atoms with Gasteiger partial charge in [0, 0.05) is 52.4 Å². The number of nitrogens with zero attached hydrogens (tertiary/aromatic N) is 5. The minimum atomic E-state index is -0.505. The molecule has 0 radical (unpaired) electrons. The molecule has 0 spiro atoms. The van der Waals surface area contributed by atoms with Crippen molar-refractivity contribution in [2.45, 2.75) is 6.92 Å². The summed E-state index contributed by atoms with van der Waals surface area (Å²) < 4.78 is 14.6. The van der Waals surface area contributed by atoms with E-state index in [1.807, 2.05) is 16.8 Å². The van der Waals surface area contributed by atoms with Crippen LogP contribution in [0.2, 0.25) is 0 Å². The Morgan fingerprint density at radius 2 is 1.56 bits per heavy atom. The van der Waals surface area contributed by atoms with Gasteiger partial charge >= 0.3 is 0 Å². The highest BCUT2D eigenvalue weighted by atomic mass is 19.1. The molecule has 7 nitrogen and oxygen atoms in total. The number of piperazine rings is 2. The van der Waals surface area contributed by atoms with E-state index >= 15 is 0 Å². The SMILES string of the molecule is CCN1CCN(c2cc(N3CCN(C)CC3)c([N+](=O)[O-])cc2F)CC1. The number of hydrogen-bond donors (Lipinski definition) is 0. The van der Waals surface area contributed by atoms with E-state index in [1.54, 1.807) is 6.07 Å². The second-order valence-corrected chi connectivity index (χ2v) is 6.76. The van der Waals surface area contributed by atoms with E-state index in [1.165, 1.54) is 0 Å². The first-order chi connectivity index (χ1) is 12.0. The maximum Gasteiger partial charge on any atom is 0.295 e. The summed E-state index contributed by atoms with van der Waals surface area (Å²) in [6, 6.07) is 2.77. The molecule has 0 N–H and O–H groups in total. The van der Waals surface area contributed by atoms with Gasteiger partial charge in [-0.05, 0) is 19.7 Å². The molecule has 2 heterocycles. The first-order valence-corrected chi connectivity index (χ1v) is 8.88. The summed E-state index contributed by atoms with van der Waals surface area (Å²) in [4.78, 5) is 19.5. The Bertz CT molecular complexity index is 626. The molecule has 8 heteroatoms. The third-order valence-electron chi connectivity index (χ3n) is 5.24. The Labute approximate surface area is 147 Å². The van der Waals surface area contributed by atoms with Crippen molar-refractivity contribution in [1.82, 2.24) is 9.80 Å². The monoisotopic (exact) mass is 351 g/mol. The molecule has 0 aliphatic carbocycles. The average Bonchev–Trinajstić information content (AvgIpc) is 2.62. The Kier molecular flexibility index (Phi) is 5.39. The van der Waals surface area contributed by atoms with Crippen LogP contribution in [-0.4, -0.2) is 80.7 Å². The van der Waals surface area contributed by atoms with Crippen LogP contribution in [0.25, 0.3) is 0 Å². The quantitative estimate of drug-likeness (QED) is 0.607. The smallest absolute Gasteiger partial charge is 0.295 e. The molecule has 138 valence electrons. The summed E-state index contributed by atoms with van der Waals surface area (Å²) in [5.74, 6) is -0.505. The molecule has 3 rings (SSSR count). The van der Waals surface area contributed by atoms with Crippen LogP contribution in [0.3, 0.4) is 0 Å². The zero-order valence-corrected chi connectivity index (χ0v) is 14.9. The lowest BCUT2D eigenvalue weighted by atomic mass is 10.1. The van der Waals surface area contributed by atoms with Gasteiger partial charge in [-0.25, -0.2) is 4.39 Å². The molecular weight excluding hydrogens is 325 g/mol. The Morgan fingerprint density at radius 3 is 2.12 bits per heavy atom. The van der Waals surface area contributed by atoms with Crippen LogP contribution in [0.4, 0.5) is 21.5 Å². The molecule has 2 saturated heterocycles. The van der Waals surface area contributed by atoms with Crippen molar-refractivity contribution in [2.24, 2.45) is 0 Å². The lowest BCUT2D eigenvalue weighted by molar-refractivity contribution is -0.384. The Hall–Kier alpha value is -1.93. The molecule has 25 heavy (non-hydrogen) atoms. The van der Waals surface area contributed by atoms with Gasteiger partial charge in [-0.1, -0.05) is 6.92 Å². The van der Waals surface area contributed by atoms with Gasteiger partial charge in [0.05, 0.1) is 16.7 Å². The maximum atomic E-state index is 14.6. The highest BCUT2D eigenvalue weighted by Gasteiger charge is 2.27. The second kappa shape index (κ2) is 7.53. The van der Waals surface area contributed by atoms with E-state index < -0.39 is 10.7 Å². The molecule has 0 aromatic heterocycles. The predicted molar refractivity (Wildman–Crippen MR) is 97.1 cm³/mol. The minimum absolute atomic E-state index is 0.141. The largest absolute Gasteiger partial charge is 0.367 e. The molecule has 2 aliphatic rings. The van der Waals surface area contributed by atoms with E-state index in [-0.39, 0.29) is 5.69 Å². The first-order valence-electron chi connectivity index (χ1n) is 8.88. The Balaban J connectivity index is 1.89. The summed E-state index contributed by atoms with van der Waals surface area (Å²) in [5.41, 5.74) is 0.876. The van der Waals surface area contributed by atoms with Gasteiger partial charge in [0.2, 0.25) is 0 Å². The second-order valence-electron chi connectivity index (χ2n) is 6.76. The molecular formula is C17H26FN5O2. The van der Waals surface area contributed by atoms with Crippen LogP contribution in [0.15, 0.2) is 12.1 Å². The topological polar surface area (TPSA) is 56.1 Å². The van der Waals surface area contributed by atoms with Crippen LogP contribution >= 0.6 is 0 Å². The van der Waals surface area contributed by atoms with Crippen molar-refractivity contribution < 1.29 is 9.31 Å². The highest BCUT2D eigenvalue weighted by Crippen LogP contribution is 2.35. The zero-order chi connectivity index (χ0) is 18.0. The van der Waals surface area contributed by atoms with Crippen LogP contribution in [0, 0.1) is 15.9 Å². The van der Waals surface area contributed by atoms with Crippen molar-refractivity contribution in [3.05, 3.63) is 28.1 Å². The number of hydrogen-bond acceptors (Lipinski definition) is 6. The van der Waals surface area contributed by atoms with Gasteiger partial charge in [-0.2, -0.15) is 0 Å². The van der Waals surface area contributed by atoms with Crippen molar-refractivity contribution in [1.29, 1.82) is 0 Å². The zero-order valence-electron chi connectivity index (χ0n) is 14.9. The highest BCUT2D eigenvalue weighted by molar-refractivity contribution is 5.71. The summed E-state index contributed by atoms with van der Waals surface area (Å²) >= 11 is 0. The average molecular weight is 351 g/mol. The van der Waals surface area contributed by atoms with Gasteiger partial charge < -0.3 is 19.6 Å². The number of halogens is 1. The standard InChI is InChI=1S/C17H26FN5O2/c1-3-20-6-10-21(11-7-20)15-13-16(17(23(24)25)12-14(15)18)22-8-4-19(2)5-9-22/h12-13H,3-11H2,1-2H3. The lowest BCUT2D eigenvalue weighted by Crippen LogP contribution is -2.47. The van der Waals surface area contributed by atoms with Crippen molar-refractivity contribution in [3.8, 4) is 0 Å². The van der Waals surface area contributed by atoms with Gasteiger partial charge in [-0.3, -0.25) is 10.1 Å². The number of rotatable bonds is 4. The van der Waals surface area contributed by atoms with Gasteiger partial charge in [0.25, 0.3) is 5.69 Å². The van der Waals surface area contributed by atoms with E-state index in [9.17, 15) is 14.5 Å². The van der Waals surface area contributed by atoms with Crippen LogP contribution in [-0.2, 0) is 0 Å². The molecule has 1 aromatic carbocycles. The first kappa shape index (κ1) is 17.9. The van der Waals surface area contributed by atoms with Crippen LogP contribution < -0.4 is 9.80 Å².